The minimum atomic E-state index is -3.19. The molecule has 4 heterocycles. The normalized spacial score (nSPS) is 18.1. The molecule has 2 aliphatic rings. The van der Waals surface area contributed by atoms with Crippen molar-refractivity contribution in [1.29, 1.82) is 0 Å². The van der Waals surface area contributed by atoms with Crippen LogP contribution in [-0.2, 0) is 16.6 Å². The Bertz CT molecular complexity index is 1490. The molecule has 40 heavy (non-hydrogen) atoms. The van der Waals surface area contributed by atoms with Gasteiger partial charge in [0.2, 0.25) is 21.7 Å². The summed E-state index contributed by atoms with van der Waals surface area (Å²) in [5, 5.41) is 8.43. The number of piperidine rings is 1. The van der Waals surface area contributed by atoms with E-state index in [0.29, 0.717) is 53.8 Å². The number of hydrogen-bond acceptors (Lipinski definition) is 8. The second-order valence-corrected chi connectivity index (χ2v) is 13.0. The van der Waals surface area contributed by atoms with Crippen LogP contribution in [0.4, 0.5) is 11.6 Å². The predicted octanol–water partition coefficient (Wildman–Crippen LogP) is 3.51. The van der Waals surface area contributed by atoms with E-state index < -0.39 is 10.0 Å². The highest BCUT2D eigenvalue weighted by Gasteiger charge is 2.27. The van der Waals surface area contributed by atoms with Gasteiger partial charge in [0.25, 0.3) is 0 Å². The molecule has 0 bridgehead atoms. The number of aromatic nitrogens is 4. The van der Waals surface area contributed by atoms with Crippen molar-refractivity contribution in [3.63, 3.8) is 0 Å². The Kier molecular flexibility index (Phi) is 8.68. The lowest BCUT2D eigenvalue weighted by molar-refractivity contribution is 0.148. The minimum Gasteiger partial charge on any atom is -0.351 e. The van der Waals surface area contributed by atoms with Gasteiger partial charge in [0, 0.05) is 69.8 Å². The number of rotatable bonds is 8. The third-order valence-corrected chi connectivity index (χ3v) is 9.74. The Morgan fingerprint density at radius 3 is 2.55 bits per heavy atom. The molecule has 0 saturated carbocycles. The summed E-state index contributed by atoms with van der Waals surface area (Å²) in [5.41, 5.74) is 3.39. The SMILES string of the molecule is [C-]#[N+]c1cnc(NC2CCN(S(=O)(=O)CC)CC2)nc1-c1cnn(-c2ccc(CN3CCN(C)CC3)cc2Cl)c1. The van der Waals surface area contributed by atoms with Crippen molar-refractivity contribution >= 4 is 33.3 Å². The molecule has 1 N–H and O–H groups in total. The zero-order valence-electron chi connectivity index (χ0n) is 22.8. The van der Waals surface area contributed by atoms with E-state index in [0.717, 1.165) is 44.0 Å². The zero-order valence-corrected chi connectivity index (χ0v) is 24.4. The number of likely N-dealkylation sites (N-methyl/N-ethyl adjacent to an activating group) is 1. The second-order valence-electron chi connectivity index (χ2n) is 10.3. The third kappa shape index (κ3) is 6.45. The van der Waals surface area contributed by atoms with E-state index >= 15 is 0 Å². The van der Waals surface area contributed by atoms with Gasteiger partial charge in [-0.2, -0.15) is 5.10 Å². The van der Waals surface area contributed by atoms with E-state index in [1.54, 1.807) is 17.8 Å². The van der Waals surface area contributed by atoms with Gasteiger partial charge in [-0.15, -0.1) is 0 Å². The lowest BCUT2D eigenvalue weighted by Gasteiger charge is -2.32. The predicted molar refractivity (Wildman–Crippen MR) is 156 cm³/mol. The zero-order chi connectivity index (χ0) is 28.3. The number of halogens is 1. The second kappa shape index (κ2) is 12.2. The van der Waals surface area contributed by atoms with Crippen molar-refractivity contribution in [2.75, 3.05) is 57.4 Å². The Morgan fingerprint density at radius 2 is 1.88 bits per heavy atom. The molecule has 1 aromatic carbocycles. The summed E-state index contributed by atoms with van der Waals surface area (Å²) in [6, 6.07) is 6.08. The molecule has 13 heteroatoms. The van der Waals surface area contributed by atoms with Gasteiger partial charge in [0.1, 0.15) is 0 Å². The van der Waals surface area contributed by atoms with Gasteiger partial charge < -0.3 is 10.2 Å². The van der Waals surface area contributed by atoms with Crippen molar-refractivity contribution < 1.29 is 8.42 Å². The quantitative estimate of drug-likeness (QED) is 0.402. The van der Waals surface area contributed by atoms with Crippen LogP contribution in [0.15, 0.2) is 36.8 Å². The van der Waals surface area contributed by atoms with Gasteiger partial charge in [-0.05, 0) is 44.5 Å². The molecule has 212 valence electrons. The first-order valence-corrected chi connectivity index (χ1v) is 15.5. The fourth-order valence-corrected chi connectivity index (χ4v) is 6.48. The Hall–Kier alpha value is -3.08. The van der Waals surface area contributed by atoms with Crippen LogP contribution in [-0.4, -0.2) is 100 Å². The van der Waals surface area contributed by atoms with Gasteiger partial charge in [-0.1, -0.05) is 17.7 Å². The Balaban J connectivity index is 1.29. The fourth-order valence-electron chi connectivity index (χ4n) is 5.06. The summed E-state index contributed by atoms with van der Waals surface area (Å²) in [5.74, 6) is 0.508. The topological polar surface area (TPSA) is 104 Å². The first-order chi connectivity index (χ1) is 19.3. The van der Waals surface area contributed by atoms with E-state index in [-0.39, 0.29) is 11.8 Å². The maximum Gasteiger partial charge on any atom is 0.231 e. The molecule has 2 aromatic heterocycles. The van der Waals surface area contributed by atoms with Crippen LogP contribution in [0.2, 0.25) is 5.02 Å². The van der Waals surface area contributed by atoms with Crippen molar-refractivity contribution in [3.05, 3.63) is 58.8 Å². The molecule has 11 nitrogen and oxygen atoms in total. The van der Waals surface area contributed by atoms with Crippen LogP contribution in [0.25, 0.3) is 21.8 Å². The van der Waals surface area contributed by atoms with Crippen molar-refractivity contribution in [1.82, 2.24) is 33.9 Å². The van der Waals surface area contributed by atoms with E-state index in [9.17, 15) is 8.42 Å². The first-order valence-electron chi connectivity index (χ1n) is 13.5. The smallest absolute Gasteiger partial charge is 0.231 e. The molecule has 0 atom stereocenters. The minimum absolute atomic E-state index is 0.0424. The number of hydrogen-bond donors (Lipinski definition) is 1. The lowest BCUT2D eigenvalue weighted by atomic mass is 10.1. The van der Waals surface area contributed by atoms with Crippen LogP contribution in [0, 0.1) is 6.57 Å². The average Bonchev–Trinajstić information content (AvgIpc) is 3.44. The summed E-state index contributed by atoms with van der Waals surface area (Å²) in [6.07, 6.45) is 6.30. The van der Waals surface area contributed by atoms with Crippen LogP contribution < -0.4 is 5.32 Å². The highest BCUT2D eigenvalue weighted by Crippen LogP contribution is 2.31. The molecule has 0 spiro atoms. The summed E-state index contributed by atoms with van der Waals surface area (Å²) >= 11 is 6.69. The van der Waals surface area contributed by atoms with Crippen LogP contribution in [0.3, 0.4) is 0 Å². The first kappa shape index (κ1) is 28.4. The molecule has 5 rings (SSSR count). The van der Waals surface area contributed by atoms with Crippen LogP contribution in [0.5, 0.6) is 0 Å². The molecule has 0 unspecified atom stereocenters. The van der Waals surface area contributed by atoms with E-state index in [1.165, 1.54) is 10.5 Å². The molecule has 0 radical (unpaired) electrons. The van der Waals surface area contributed by atoms with Crippen molar-refractivity contribution in [3.8, 4) is 16.9 Å². The number of anilines is 1. The van der Waals surface area contributed by atoms with Crippen LogP contribution in [0.1, 0.15) is 25.3 Å². The monoisotopic (exact) mass is 583 g/mol. The highest BCUT2D eigenvalue weighted by atomic mass is 35.5. The van der Waals surface area contributed by atoms with E-state index in [1.807, 2.05) is 18.3 Å². The Morgan fingerprint density at radius 1 is 1.12 bits per heavy atom. The maximum absolute atomic E-state index is 12.2. The molecule has 2 fully saturated rings. The van der Waals surface area contributed by atoms with E-state index in [2.05, 4.69) is 48.1 Å². The number of nitrogens with one attached hydrogen (secondary N) is 1. The maximum atomic E-state index is 12.2. The van der Waals surface area contributed by atoms with Gasteiger partial charge in [0.05, 0.1) is 34.9 Å². The number of sulfonamides is 1. The fraction of sp³-hybridized carbons (Fsp3) is 0.481. The van der Waals surface area contributed by atoms with Crippen LogP contribution >= 0.6 is 11.6 Å². The summed E-state index contributed by atoms with van der Waals surface area (Å²) in [4.78, 5) is 17.3. The van der Waals surface area contributed by atoms with Gasteiger partial charge in [-0.3, -0.25) is 4.90 Å². The largest absolute Gasteiger partial charge is 0.351 e. The highest BCUT2D eigenvalue weighted by molar-refractivity contribution is 7.89. The third-order valence-electron chi connectivity index (χ3n) is 7.55. The molecular formula is C27H34ClN9O2S. The molecule has 2 aliphatic heterocycles. The molecule has 0 amide bonds. The van der Waals surface area contributed by atoms with Gasteiger partial charge in [-0.25, -0.2) is 32.2 Å². The van der Waals surface area contributed by atoms with Crippen molar-refractivity contribution in [2.24, 2.45) is 0 Å². The lowest BCUT2D eigenvalue weighted by Crippen LogP contribution is -2.43. The summed E-state index contributed by atoms with van der Waals surface area (Å²) in [6.45, 7) is 15.3. The molecule has 2 saturated heterocycles. The van der Waals surface area contributed by atoms with E-state index in [4.69, 9.17) is 18.2 Å². The van der Waals surface area contributed by atoms with Gasteiger partial charge in [0.15, 0.2) is 0 Å². The van der Waals surface area contributed by atoms with Gasteiger partial charge >= 0.3 is 0 Å². The average molecular weight is 584 g/mol. The molecule has 3 aromatic rings. The molecular weight excluding hydrogens is 550 g/mol. The number of benzene rings is 1. The summed E-state index contributed by atoms with van der Waals surface area (Å²) in [7, 11) is -1.04. The summed E-state index contributed by atoms with van der Waals surface area (Å²) < 4.78 is 27.6. The Labute approximate surface area is 240 Å². The van der Waals surface area contributed by atoms with Crippen molar-refractivity contribution in [2.45, 2.75) is 32.4 Å². The standard InChI is InChI=1S/C27H34ClN9O2S/c1-4-40(38,39)36-9-7-22(8-10-36)32-27-30-17-24(29-2)26(33-27)21-16-31-37(19-21)25-6-5-20(15-23(25)28)18-35-13-11-34(3)12-14-35/h5-6,15-17,19,22H,4,7-14,18H2,1,3H3,(H,30,32,33). The molecule has 0 aliphatic carbocycles. The number of piperazine rings is 1. The number of nitrogens with zero attached hydrogens (tertiary/aromatic N) is 8.